The van der Waals surface area contributed by atoms with Crippen LogP contribution in [0.25, 0.3) is 0 Å². The van der Waals surface area contributed by atoms with Crippen molar-refractivity contribution in [1.82, 2.24) is 5.32 Å². The second-order valence-electron chi connectivity index (χ2n) is 4.91. The summed E-state index contributed by atoms with van der Waals surface area (Å²) in [6, 6.07) is 11.0. The second kappa shape index (κ2) is 8.66. The Morgan fingerprint density at radius 1 is 1.04 bits per heavy atom. The maximum absolute atomic E-state index is 13.4. The highest BCUT2D eigenvalue weighted by Crippen LogP contribution is 2.24. The molecule has 0 fully saturated rings. The van der Waals surface area contributed by atoms with Crippen LogP contribution in [0.4, 0.5) is 4.39 Å². The first-order valence-electron chi connectivity index (χ1n) is 7.06. The van der Waals surface area contributed by atoms with E-state index in [4.69, 9.17) is 27.9 Å². The number of esters is 1. The summed E-state index contributed by atoms with van der Waals surface area (Å²) in [6.07, 6.45) is -0.140. The molecule has 0 radical (unpaired) electrons. The van der Waals surface area contributed by atoms with Crippen LogP contribution in [0.3, 0.4) is 0 Å². The van der Waals surface area contributed by atoms with Crippen LogP contribution in [0.15, 0.2) is 42.5 Å². The van der Waals surface area contributed by atoms with Gasteiger partial charge in [0.1, 0.15) is 5.82 Å². The summed E-state index contributed by atoms with van der Waals surface area (Å²) in [4.78, 5) is 23.4. The Kier molecular flexibility index (Phi) is 6.58. The lowest BCUT2D eigenvalue weighted by Gasteiger charge is -2.09. The molecule has 1 N–H and O–H groups in total. The largest absolute Gasteiger partial charge is 0.455 e. The monoisotopic (exact) mass is 369 g/mol. The first kappa shape index (κ1) is 18.2. The van der Waals surface area contributed by atoms with E-state index in [0.717, 1.165) is 0 Å². The topological polar surface area (TPSA) is 55.4 Å². The molecule has 126 valence electrons. The van der Waals surface area contributed by atoms with Crippen LogP contribution in [0.2, 0.25) is 10.0 Å². The number of nitrogens with one attached hydrogen (secondary N) is 1. The second-order valence-corrected chi connectivity index (χ2v) is 5.72. The van der Waals surface area contributed by atoms with Gasteiger partial charge in [-0.15, -0.1) is 0 Å². The lowest BCUT2D eigenvalue weighted by atomic mass is 10.1. The molecule has 0 saturated carbocycles. The minimum atomic E-state index is -0.633. The van der Waals surface area contributed by atoms with Gasteiger partial charge in [-0.05, 0) is 18.2 Å². The zero-order valence-corrected chi connectivity index (χ0v) is 14.0. The van der Waals surface area contributed by atoms with E-state index in [-0.39, 0.29) is 13.0 Å². The van der Waals surface area contributed by atoms with E-state index in [9.17, 15) is 14.0 Å². The van der Waals surface area contributed by atoms with Gasteiger partial charge in [-0.1, -0.05) is 47.5 Å². The zero-order valence-electron chi connectivity index (χ0n) is 12.5. The highest BCUT2D eigenvalue weighted by Gasteiger charge is 2.13. The van der Waals surface area contributed by atoms with Gasteiger partial charge < -0.3 is 10.1 Å². The molecular weight excluding hydrogens is 356 g/mol. The van der Waals surface area contributed by atoms with Gasteiger partial charge in [-0.25, -0.2) is 4.39 Å². The number of amides is 1. The number of carbonyl (C=O) groups excluding carboxylic acids is 2. The molecule has 24 heavy (non-hydrogen) atoms. The third kappa shape index (κ3) is 5.22. The summed E-state index contributed by atoms with van der Waals surface area (Å²) in [5.74, 6) is -1.58. The van der Waals surface area contributed by atoms with Crippen LogP contribution in [0.5, 0.6) is 0 Å². The average molecular weight is 370 g/mol. The van der Waals surface area contributed by atoms with Crippen molar-refractivity contribution in [2.45, 2.75) is 13.0 Å². The van der Waals surface area contributed by atoms with E-state index in [2.05, 4.69) is 5.32 Å². The predicted octanol–water partition coefficient (Wildman–Crippen LogP) is 3.53. The maximum atomic E-state index is 13.4. The van der Waals surface area contributed by atoms with Crippen LogP contribution in [0.1, 0.15) is 11.1 Å². The SMILES string of the molecule is O=C(COC(=O)Cc1c(Cl)cccc1Cl)NCc1ccccc1F. The van der Waals surface area contributed by atoms with Gasteiger partial charge in [0.25, 0.3) is 5.91 Å². The molecule has 0 spiro atoms. The van der Waals surface area contributed by atoms with Crippen molar-refractivity contribution in [3.8, 4) is 0 Å². The van der Waals surface area contributed by atoms with Gasteiger partial charge in [0, 0.05) is 27.7 Å². The van der Waals surface area contributed by atoms with E-state index >= 15 is 0 Å². The number of benzene rings is 2. The minimum absolute atomic E-state index is 0.0133. The van der Waals surface area contributed by atoms with Gasteiger partial charge in [0.2, 0.25) is 0 Å². The van der Waals surface area contributed by atoms with E-state index < -0.39 is 24.3 Å². The Bertz CT molecular complexity index is 732. The Labute approximate surface area is 148 Å². The molecule has 0 aliphatic heterocycles. The summed E-state index contributed by atoms with van der Waals surface area (Å²) in [7, 11) is 0. The van der Waals surface area contributed by atoms with Crippen molar-refractivity contribution >= 4 is 35.1 Å². The lowest BCUT2D eigenvalue weighted by Crippen LogP contribution is -2.29. The van der Waals surface area contributed by atoms with Gasteiger partial charge in [0.05, 0.1) is 6.42 Å². The summed E-state index contributed by atoms with van der Waals surface area (Å²) in [5, 5.41) is 3.17. The molecule has 0 atom stereocenters. The number of halogens is 3. The zero-order chi connectivity index (χ0) is 17.5. The smallest absolute Gasteiger partial charge is 0.310 e. The molecule has 2 rings (SSSR count). The molecule has 0 saturated heterocycles. The van der Waals surface area contributed by atoms with E-state index in [1.807, 2.05) is 0 Å². The van der Waals surface area contributed by atoms with Gasteiger partial charge in [0.15, 0.2) is 6.61 Å². The highest BCUT2D eigenvalue weighted by molar-refractivity contribution is 6.36. The number of ether oxygens (including phenoxy) is 1. The van der Waals surface area contributed by atoms with E-state index in [0.29, 0.717) is 21.2 Å². The fourth-order valence-corrected chi connectivity index (χ4v) is 2.46. The van der Waals surface area contributed by atoms with E-state index in [1.165, 1.54) is 6.07 Å². The summed E-state index contributed by atoms with van der Waals surface area (Å²) >= 11 is 11.9. The van der Waals surface area contributed by atoms with Gasteiger partial charge in [-0.2, -0.15) is 0 Å². The Morgan fingerprint density at radius 3 is 2.38 bits per heavy atom. The van der Waals surface area contributed by atoms with Crippen molar-refractivity contribution in [2.24, 2.45) is 0 Å². The number of hydrogen-bond acceptors (Lipinski definition) is 3. The molecule has 0 aliphatic rings. The molecular formula is C17H14Cl2FNO3. The molecule has 0 aliphatic carbocycles. The maximum Gasteiger partial charge on any atom is 0.310 e. The molecule has 7 heteroatoms. The molecule has 1 amide bonds. The van der Waals surface area contributed by atoms with Crippen LogP contribution < -0.4 is 5.32 Å². The molecule has 4 nitrogen and oxygen atoms in total. The molecule has 2 aromatic carbocycles. The van der Waals surface area contributed by atoms with E-state index in [1.54, 1.807) is 36.4 Å². The molecule has 2 aromatic rings. The number of rotatable bonds is 6. The predicted molar refractivity (Wildman–Crippen MR) is 89.4 cm³/mol. The molecule has 0 aromatic heterocycles. The average Bonchev–Trinajstić information content (AvgIpc) is 2.56. The summed E-state index contributed by atoms with van der Waals surface area (Å²) in [5.41, 5.74) is 0.789. The van der Waals surface area contributed by atoms with Crippen molar-refractivity contribution in [3.63, 3.8) is 0 Å². The first-order chi connectivity index (χ1) is 11.5. The standard InChI is InChI=1S/C17H14Cl2FNO3/c18-13-5-3-6-14(19)12(13)8-17(23)24-10-16(22)21-9-11-4-1-2-7-15(11)20/h1-7H,8-10H2,(H,21,22). The van der Waals surface area contributed by atoms with Gasteiger partial charge >= 0.3 is 5.97 Å². The Morgan fingerprint density at radius 2 is 1.71 bits per heavy atom. The van der Waals surface area contributed by atoms with Crippen molar-refractivity contribution < 1.29 is 18.7 Å². The fourth-order valence-electron chi connectivity index (χ4n) is 1.93. The minimum Gasteiger partial charge on any atom is -0.455 e. The van der Waals surface area contributed by atoms with Crippen LogP contribution in [-0.4, -0.2) is 18.5 Å². The van der Waals surface area contributed by atoms with Gasteiger partial charge in [-0.3, -0.25) is 9.59 Å². The quantitative estimate of drug-likeness (QED) is 0.792. The van der Waals surface area contributed by atoms with Crippen molar-refractivity contribution in [3.05, 3.63) is 69.5 Å². The van der Waals surface area contributed by atoms with Crippen LogP contribution in [0, 0.1) is 5.82 Å². The molecule has 0 unspecified atom stereocenters. The van der Waals surface area contributed by atoms with Crippen molar-refractivity contribution in [2.75, 3.05) is 6.61 Å². The van der Waals surface area contributed by atoms with Crippen LogP contribution >= 0.6 is 23.2 Å². The Hall–Kier alpha value is -2.11. The third-order valence-corrected chi connectivity index (χ3v) is 3.89. The number of carbonyl (C=O) groups is 2. The number of hydrogen-bond donors (Lipinski definition) is 1. The Balaban J connectivity index is 1.79. The highest BCUT2D eigenvalue weighted by atomic mass is 35.5. The molecule has 0 heterocycles. The van der Waals surface area contributed by atoms with Crippen molar-refractivity contribution in [1.29, 1.82) is 0 Å². The summed E-state index contributed by atoms with van der Waals surface area (Å²) in [6.45, 7) is -0.450. The lowest BCUT2D eigenvalue weighted by molar-refractivity contribution is -0.147. The normalized spacial score (nSPS) is 10.3. The first-order valence-corrected chi connectivity index (χ1v) is 7.81. The fraction of sp³-hybridized carbons (Fsp3) is 0.176. The van der Waals surface area contributed by atoms with Crippen LogP contribution in [-0.2, 0) is 27.3 Å². The third-order valence-electron chi connectivity index (χ3n) is 3.18. The molecule has 0 bridgehead atoms. The summed E-state index contributed by atoms with van der Waals surface area (Å²) < 4.78 is 18.3.